The van der Waals surface area contributed by atoms with Crippen LogP contribution >= 0.6 is 11.8 Å². The van der Waals surface area contributed by atoms with Gasteiger partial charge in [0.2, 0.25) is 0 Å². The summed E-state index contributed by atoms with van der Waals surface area (Å²) in [6.45, 7) is 0.619. The van der Waals surface area contributed by atoms with E-state index in [9.17, 15) is 14.7 Å². The SMILES string of the molecule is CS[C@@H]1C[C@@H](C(=O)O)N(C(=O)OCC2c3ccccc3-c3ccccc32)C1. The molecule has 2 aromatic carbocycles. The van der Waals surface area contributed by atoms with Gasteiger partial charge in [-0.05, 0) is 34.9 Å². The first-order valence-electron chi connectivity index (χ1n) is 8.97. The molecule has 1 saturated heterocycles. The average molecular weight is 383 g/mol. The number of carboxylic acid groups (broad SMARTS) is 1. The van der Waals surface area contributed by atoms with Crippen LogP contribution in [0, 0.1) is 0 Å². The molecule has 1 N–H and O–H groups in total. The Hall–Kier alpha value is -2.47. The minimum atomic E-state index is -0.972. The molecule has 1 aliphatic heterocycles. The number of thioether (sulfide) groups is 1. The van der Waals surface area contributed by atoms with Crippen molar-refractivity contribution in [1.82, 2.24) is 4.90 Å². The molecule has 0 aromatic heterocycles. The van der Waals surface area contributed by atoms with Gasteiger partial charge in [-0.1, -0.05) is 48.5 Å². The van der Waals surface area contributed by atoms with E-state index in [2.05, 4.69) is 24.3 Å². The van der Waals surface area contributed by atoms with Crippen molar-refractivity contribution in [1.29, 1.82) is 0 Å². The van der Waals surface area contributed by atoms with E-state index in [4.69, 9.17) is 4.74 Å². The number of benzene rings is 2. The Bertz CT molecular complexity index is 838. The van der Waals surface area contributed by atoms with Crippen molar-refractivity contribution < 1.29 is 19.4 Å². The molecule has 0 spiro atoms. The Kier molecular flexibility index (Phi) is 4.83. The maximum Gasteiger partial charge on any atom is 0.410 e. The van der Waals surface area contributed by atoms with Gasteiger partial charge in [0.25, 0.3) is 0 Å². The highest BCUT2D eigenvalue weighted by atomic mass is 32.2. The van der Waals surface area contributed by atoms with Crippen molar-refractivity contribution in [3.63, 3.8) is 0 Å². The number of amides is 1. The van der Waals surface area contributed by atoms with Crippen LogP contribution in [-0.4, -0.2) is 52.8 Å². The summed E-state index contributed by atoms with van der Waals surface area (Å²) in [6, 6.07) is 15.5. The number of fused-ring (bicyclic) bond motifs is 3. The normalized spacial score (nSPS) is 21.0. The van der Waals surface area contributed by atoms with E-state index in [1.807, 2.05) is 30.5 Å². The summed E-state index contributed by atoms with van der Waals surface area (Å²) in [7, 11) is 0. The maximum atomic E-state index is 12.6. The fourth-order valence-corrected chi connectivity index (χ4v) is 4.77. The minimum Gasteiger partial charge on any atom is -0.480 e. The second-order valence-electron chi connectivity index (χ2n) is 6.90. The van der Waals surface area contributed by atoms with Crippen LogP contribution in [0.25, 0.3) is 11.1 Å². The summed E-state index contributed by atoms with van der Waals surface area (Å²) in [5, 5.41) is 9.56. The Morgan fingerprint density at radius 3 is 2.26 bits per heavy atom. The molecule has 1 heterocycles. The van der Waals surface area contributed by atoms with E-state index < -0.39 is 18.1 Å². The fraction of sp³-hybridized carbons (Fsp3) is 0.333. The van der Waals surface area contributed by atoms with Gasteiger partial charge in [-0.3, -0.25) is 4.90 Å². The zero-order chi connectivity index (χ0) is 19.0. The van der Waals surface area contributed by atoms with E-state index >= 15 is 0 Å². The average Bonchev–Trinajstić information content (AvgIpc) is 3.26. The summed E-state index contributed by atoms with van der Waals surface area (Å²) < 4.78 is 5.61. The number of carbonyl (C=O) groups is 2. The molecule has 4 rings (SSSR count). The molecule has 140 valence electrons. The highest BCUT2D eigenvalue weighted by molar-refractivity contribution is 7.99. The summed E-state index contributed by atoms with van der Waals surface area (Å²) in [5.74, 6) is -0.997. The van der Waals surface area contributed by atoms with E-state index in [0.29, 0.717) is 13.0 Å². The molecule has 2 atom stereocenters. The molecular formula is C21H21NO4S. The largest absolute Gasteiger partial charge is 0.480 e. The predicted octanol–water partition coefficient (Wildman–Crippen LogP) is 3.83. The van der Waals surface area contributed by atoms with Crippen LogP contribution in [0.2, 0.25) is 0 Å². The van der Waals surface area contributed by atoms with Gasteiger partial charge in [0, 0.05) is 17.7 Å². The topological polar surface area (TPSA) is 66.8 Å². The second kappa shape index (κ2) is 7.27. The van der Waals surface area contributed by atoms with Gasteiger partial charge >= 0.3 is 12.1 Å². The van der Waals surface area contributed by atoms with Gasteiger partial charge in [-0.2, -0.15) is 11.8 Å². The molecule has 27 heavy (non-hydrogen) atoms. The van der Waals surface area contributed by atoms with E-state index in [0.717, 1.165) is 11.1 Å². The third kappa shape index (κ3) is 3.18. The molecular weight excluding hydrogens is 362 g/mol. The summed E-state index contributed by atoms with van der Waals surface area (Å²) in [4.78, 5) is 25.5. The third-order valence-corrected chi connectivity index (χ3v) is 6.46. The molecule has 1 fully saturated rings. The van der Waals surface area contributed by atoms with Crippen LogP contribution in [0.3, 0.4) is 0 Å². The van der Waals surface area contributed by atoms with Crippen LogP contribution in [0.15, 0.2) is 48.5 Å². The van der Waals surface area contributed by atoms with Crippen molar-refractivity contribution in [3.05, 3.63) is 59.7 Å². The number of nitrogens with zero attached hydrogens (tertiary/aromatic N) is 1. The molecule has 6 heteroatoms. The first-order chi connectivity index (χ1) is 13.1. The molecule has 2 aromatic rings. The molecule has 0 radical (unpaired) electrons. The lowest BCUT2D eigenvalue weighted by Gasteiger charge is -2.22. The highest BCUT2D eigenvalue weighted by Gasteiger charge is 2.40. The van der Waals surface area contributed by atoms with Crippen LogP contribution in [0.4, 0.5) is 4.79 Å². The number of rotatable bonds is 4. The lowest BCUT2D eigenvalue weighted by Crippen LogP contribution is -2.41. The lowest BCUT2D eigenvalue weighted by molar-refractivity contribution is -0.141. The van der Waals surface area contributed by atoms with E-state index in [1.165, 1.54) is 16.0 Å². The number of likely N-dealkylation sites (tertiary alicyclic amines) is 1. The van der Waals surface area contributed by atoms with Crippen molar-refractivity contribution >= 4 is 23.8 Å². The number of aliphatic carboxylic acids is 1. The Balaban J connectivity index is 1.52. The van der Waals surface area contributed by atoms with Gasteiger partial charge < -0.3 is 9.84 Å². The van der Waals surface area contributed by atoms with Crippen LogP contribution in [0.1, 0.15) is 23.5 Å². The quantitative estimate of drug-likeness (QED) is 0.869. The van der Waals surface area contributed by atoms with E-state index in [1.54, 1.807) is 11.8 Å². The van der Waals surface area contributed by atoms with Gasteiger partial charge in [-0.15, -0.1) is 0 Å². The third-order valence-electron chi connectivity index (χ3n) is 5.45. The van der Waals surface area contributed by atoms with Crippen LogP contribution < -0.4 is 0 Å². The Labute approximate surface area is 162 Å². The number of carbonyl (C=O) groups excluding carboxylic acids is 1. The summed E-state index contributed by atoms with van der Waals surface area (Å²) in [5.41, 5.74) is 4.62. The predicted molar refractivity (Wildman–Crippen MR) is 105 cm³/mol. The number of hydrogen-bond acceptors (Lipinski definition) is 4. The molecule has 2 aliphatic rings. The number of hydrogen-bond donors (Lipinski definition) is 1. The monoisotopic (exact) mass is 383 g/mol. The fourth-order valence-electron chi connectivity index (χ4n) is 4.08. The minimum absolute atomic E-state index is 0.0245. The Morgan fingerprint density at radius 1 is 1.11 bits per heavy atom. The first-order valence-corrected chi connectivity index (χ1v) is 10.3. The zero-order valence-electron chi connectivity index (χ0n) is 15.0. The number of carboxylic acids is 1. The van der Waals surface area contributed by atoms with Gasteiger partial charge in [0.1, 0.15) is 12.6 Å². The zero-order valence-corrected chi connectivity index (χ0v) is 15.8. The summed E-state index contributed by atoms with van der Waals surface area (Å²) >= 11 is 1.59. The van der Waals surface area contributed by atoms with Gasteiger partial charge in [0.15, 0.2) is 0 Å². The van der Waals surface area contributed by atoms with Crippen molar-refractivity contribution in [2.45, 2.75) is 23.6 Å². The molecule has 1 aliphatic carbocycles. The molecule has 0 saturated carbocycles. The van der Waals surface area contributed by atoms with Crippen molar-refractivity contribution in [2.75, 3.05) is 19.4 Å². The van der Waals surface area contributed by atoms with Crippen LogP contribution in [0.5, 0.6) is 0 Å². The Morgan fingerprint density at radius 2 is 1.70 bits per heavy atom. The highest BCUT2D eigenvalue weighted by Crippen LogP contribution is 2.44. The van der Waals surface area contributed by atoms with Gasteiger partial charge in [-0.25, -0.2) is 9.59 Å². The maximum absolute atomic E-state index is 12.6. The smallest absolute Gasteiger partial charge is 0.410 e. The van der Waals surface area contributed by atoms with Crippen molar-refractivity contribution in [3.8, 4) is 11.1 Å². The molecule has 0 bridgehead atoms. The standard InChI is InChI=1S/C21H21NO4S/c1-27-13-10-19(20(23)24)22(11-13)21(25)26-12-18-16-8-4-2-6-14(16)15-7-3-5-9-17(15)18/h2-9,13,18-19H,10-12H2,1H3,(H,23,24)/t13-,19+/m1/s1. The lowest BCUT2D eigenvalue weighted by atomic mass is 9.98. The van der Waals surface area contributed by atoms with E-state index in [-0.39, 0.29) is 17.8 Å². The van der Waals surface area contributed by atoms with Gasteiger partial charge in [0.05, 0.1) is 0 Å². The molecule has 1 amide bonds. The second-order valence-corrected chi connectivity index (χ2v) is 8.04. The van der Waals surface area contributed by atoms with Crippen molar-refractivity contribution in [2.24, 2.45) is 0 Å². The first kappa shape index (κ1) is 17.9. The summed E-state index contributed by atoms with van der Waals surface area (Å²) in [6.07, 6.45) is 1.85. The molecule has 0 unspecified atom stereocenters. The molecule has 5 nitrogen and oxygen atoms in total. The number of ether oxygens (including phenoxy) is 1. The van der Waals surface area contributed by atoms with Crippen LogP contribution in [-0.2, 0) is 9.53 Å².